The summed E-state index contributed by atoms with van der Waals surface area (Å²) >= 11 is 2.50. The third-order valence-corrected chi connectivity index (χ3v) is 19.8. The van der Waals surface area contributed by atoms with Gasteiger partial charge in [-0.25, -0.2) is 4.67 Å². The van der Waals surface area contributed by atoms with Crippen molar-refractivity contribution in [1.29, 1.82) is 0 Å². The molecule has 2 radical (unpaired) electrons. The Kier molecular flexibility index (Phi) is 45.0. The average Bonchev–Trinajstić information content (AvgIpc) is 1.74. The second-order valence-corrected chi connectivity index (χ2v) is 27.7. The minimum atomic E-state index is -5.84. The Morgan fingerprint density at radius 3 is 1.14 bits per heavy atom. The number of pyridine rings is 2. The molecule has 1 unspecified atom stereocenters. The summed E-state index contributed by atoms with van der Waals surface area (Å²) in [6.07, 6.45) is 3.41. The predicted octanol–water partition coefficient (Wildman–Crippen LogP) is 7.16. The fraction of sp³-hybridized carbons (Fsp3) is 0.147. The Balaban J connectivity index is 0.000000599. The first kappa shape index (κ1) is 91.4. The van der Waals surface area contributed by atoms with E-state index in [9.17, 15) is 22.3 Å². The van der Waals surface area contributed by atoms with Gasteiger partial charge in [-0.2, -0.15) is 51.9 Å². The minimum Gasteiger partial charge on any atom is -0.305 e. The van der Waals surface area contributed by atoms with Gasteiger partial charge in [0.2, 0.25) is 0 Å². The molecule has 0 spiro atoms. The molecule has 11 rings (SSSR count). The second kappa shape index (κ2) is 46.8. The Morgan fingerprint density at radius 1 is 0.558 bits per heavy atom. The van der Waals surface area contributed by atoms with Crippen molar-refractivity contribution in [3.8, 4) is 22.5 Å². The van der Waals surface area contributed by atoms with Gasteiger partial charge in [0.1, 0.15) is 7.14 Å². The first-order chi connectivity index (χ1) is 43.8. The van der Waals surface area contributed by atoms with Crippen LogP contribution in [0.15, 0.2) is 267 Å². The molecule has 10 aromatic rings. The number of halogens is 3. The summed E-state index contributed by atoms with van der Waals surface area (Å²) in [6.45, 7) is 11.6. The summed E-state index contributed by atoms with van der Waals surface area (Å²) < 4.78 is 110. The van der Waals surface area contributed by atoms with E-state index in [0.717, 1.165) is 59.8 Å². The molecule has 27 heteroatoms. The van der Waals surface area contributed by atoms with Gasteiger partial charge in [0.05, 0.1) is 11.2 Å². The van der Waals surface area contributed by atoms with E-state index < -0.39 is 56.5 Å². The van der Waals surface area contributed by atoms with Crippen LogP contribution in [0.5, 0.6) is 0 Å². The van der Waals surface area contributed by atoms with Gasteiger partial charge in [-0.05, 0) is 75.1 Å². The third-order valence-electron chi connectivity index (χ3n) is 12.9. The first-order valence-electron chi connectivity index (χ1n) is 28.5. The van der Waals surface area contributed by atoms with Gasteiger partial charge >= 0.3 is 146 Å². The molecule has 1 fully saturated rings. The molecule has 14 nitrogen and oxygen atoms in total. The molecule has 2 N–H and O–H groups in total. The first-order valence-corrected chi connectivity index (χ1v) is 50.5. The second-order valence-electron chi connectivity index (χ2n) is 20.3. The largest absolute Gasteiger partial charge is 0.305 e. The van der Waals surface area contributed by atoms with Crippen LogP contribution in [-0.2, 0) is 78.0 Å². The van der Waals surface area contributed by atoms with Gasteiger partial charge in [0.15, 0.2) is 7.14 Å². The van der Waals surface area contributed by atoms with Crippen molar-refractivity contribution in [2.75, 3.05) is 0 Å². The molecule has 488 valence electrons. The summed E-state index contributed by atoms with van der Waals surface area (Å²) in [5.41, 5.74) is -1.62. The van der Waals surface area contributed by atoms with Crippen molar-refractivity contribution in [2.45, 2.75) is 64.4 Å². The molecule has 0 bridgehead atoms. The number of nitrogens with zero attached hydrogens (tertiary/aromatic N) is 2. The van der Waals surface area contributed by atoms with Gasteiger partial charge in [-0.1, -0.05) is 175 Å². The number of aliphatic hydroxyl groups excluding tert-OH is 1. The maximum Gasteiger partial charge on any atom is 0.0160 e. The third kappa shape index (κ3) is 29.7. The number of hydrogen-bond acceptors (Lipinski definition) is 13. The number of benzene rings is 8. The zero-order valence-corrected chi connectivity index (χ0v) is 71.1. The van der Waals surface area contributed by atoms with Crippen molar-refractivity contribution in [2.24, 2.45) is 0 Å². The van der Waals surface area contributed by atoms with E-state index in [1.54, 1.807) is 26.2 Å². The van der Waals surface area contributed by atoms with Gasteiger partial charge in [-0.3, -0.25) is 4.55 Å². The van der Waals surface area contributed by atoms with Crippen LogP contribution in [0, 0.1) is 18.2 Å². The van der Waals surface area contributed by atoms with Crippen molar-refractivity contribution >= 4 is 140 Å². The van der Waals surface area contributed by atoms with E-state index in [1.807, 2.05) is 282 Å². The molecule has 1 saturated heterocycles. The van der Waals surface area contributed by atoms with Crippen LogP contribution in [0.1, 0.15) is 41.5 Å². The molecule has 1 aliphatic rings. The van der Waals surface area contributed by atoms with Gasteiger partial charge in [0, 0.05) is 85.2 Å². The van der Waals surface area contributed by atoms with Gasteiger partial charge in [-0.15, -0.1) is 71.8 Å². The standard InChI is InChI=1S/C24H26BO3P.C18H14OP.2C11H8N.C3H8O.CHF3O3S.2Ir.3K.HO4P/c1-23(2)24(3,4)28-25(27-23)21-17-11-12-18-22(21)29(26,19-13-7-5-8-14-19)20-15-9-6-10-16-20;19-20(16-10-4-1-5-11-16,17-12-6-2-7-13-17)18-14-8-3-9-15-18;2*1-2-6-10(7-3-1)11-8-4-5-9-12-11;1-3(2)4;2-1(3,4)8(5,6)7;;;;;;1-4-5(2)3/h5-18H,1-4H3;1-14H;2*1-6,8-9H;3-4H,1-2H3;(H,5,6,7);;;;;;1H/q;3*-1;;;;;;;+1;/p-1. The number of aromatic nitrogens is 2. The number of hydrogen-bond donors (Lipinski definition) is 2. The molecule has 1 atom stereocenters. The summed E-state index contributed by atoms with van der Waals surface area (Å²) in [5, 5.41) is 21.4. The van der Waals surface area contributed by atoms with E-state index in [4.69, 9.17) is 42.1 Å². The topological polar surface area (TPSA) is 225 Å². The van der Waals surface area contributed by atoms with E-state index in [1.165, 1.54) is 63.2 Å². The normalized spacial score (nSPS) is 12.5. The summed E-state index contributed by atoms with van der Waals surface area (Å²) in [7, 11) is -15.5. The van der Waals surface area contributed by atoms with Crippen molar-refractivity contribution < 1.29 is 161 Å². The number of rotatable bonds is 10. The zero-order valence-electron chi connectivity index (χ0n) is 53.5. The smallest absolute Gasteiger partial charge is 0.0160 e. The molecule has 0 aliphatic carbocycles. The van der Waals surface area contributed by atoms with E-state index >= 15 is 0 Å². The van der Waals surface area contributed by atoms with Crippen LogP contribution < -0.4 is 98.8 Å². The maximum atomic E-state index is 14.8. The SMILES string of the molecule is CC(C)O.CC1(C)OB(c2ccccc2P(=O)(c2ccccc2)c2ccccc2)OC1(C)C.O=P(c1[c-]cccc1)(c1ccccc1)c1ccccc1.O=S(=O)(O)C(F)(F)F.O=[P+]([O-])O[O-].[Ir].[Ir].[K+].[K][K].[c-]1ccccc1-c1ccccn1.[c-]1ccccc1-c1ccccn1. The average molecular weight is 1800 g/mol. The number of aliphatic hydroxyl groups is 1. The molecular weight excluding hydrogens is 1730 g/mol. The van der Waals surface area contributed by atoms with Crippen LogP contribution in [0.4, 0.5) is 13.2 Å². The van der Waals surface area contributed by atoms with E-state index in [-0.39, 0.29) is 97.7 Å². The predicted molar refractivity (Wildman–Crippen MR) is 358 cm³/mol. The number of alkyl halides is 3. The van der Waals surface area contributed by atoms with Gasteiger partial charge in [0.25, 0.3) is 0 Å². The molecule has 8 aromatic carbocycles. The zero-order chi connectivity index (χ0) is 67.9. The van der Waals surface area contributed by atoms with Crippen LogP contribution in [0.2, 0.25) is 0 Å². The molecule has 1 aliphatic heterocycles. The summed E-state index contributed by atoms with van der Waals surface area (Å²) in [5.74, 6) is 0. The Bertz CT molecular complexity index is 3640. The molecule has 0 saturated carbocycles. The quantitative estimate of drug-likeness (QED) is 0.0264. The van der Waals surface area contributed by atoms with Crippen molar-refractivity contribution in [3.63, 3.8) is 0 Å². The summed E-state index contributed by atoms with van der Waals surface area (Å²) in [4.78, 5) is 17.3. The molecule has 3 heterocycles. The molecule has 95 heavy (non-hydrogen) atoms. The van der Waals surface area contributed by atoms with Crippen LogP contribution in [0.3, 0.4) is 0 Å². The molecule has 0 amide bonds. The van der Waals surface area contributed by atoms with Crippen LogP contribution >= 0.6 is 22.5 Å². The monoisotopic (exact) mass is 1800 g/mol. The van der Waals surface area contributed by atoms with Crippen molar-refractivity contribution in [1.82, 2.24) is 9.97 Å². The van der Waals surface area contributed by atoms with E-state index in [2.05, 4.69) is 32.8 Å². The Hall–Kier alpha value is -1.65. The maximum absolute atomic E-state index is 14.8. The van der Waals surface area contributed by atoms with E-state index in [0.29, 0.717) is 0 Å². The van der Waals surface area contributed by atoms with Crippen LogP contribution in [-0.4, -0.2) is 121 Å². The fourth-order valence-corrected chi connectivity index (χ4v) is 13.5. The van der Waals surface area contributed by atoms with Gasteiger partial charge < -0.3 is 43.7 Å². The fourth-order valence-electron chi connectivity index (χ4n) is 8.08. The molecule has 2 aromatic heterocycles. The van der Waals surface area contributed by atoms with Crippen LogP contribution in [0.25, 0.3) is 22.5 Å². The Labute approximate surface area is 671 Å². The summed E-state index contributed by atoms with van der Waals surface area (Å²) in [6, 6.07) is 90.7. The minimum absolute atomic E-state index is 0. The molecular formula is C68H65BF3Ir2K3N2O12P3S-3. The van der Waals surface area contributed by atoms with Crippen molar-refractivity contribution in [3.05, 3.63) is 285 Å². The Morgan fingerprint density at radius 2 is 0.853 bits per heavy atom.